The quantitative estimate of drug-likeness (QED) is 0.142. The predicted molar refractivity (Wildman–Crippen MR) is 289 cm³/mol. The molecule has 1 aromatic carbocycles. The van der Waals surface area contributed by atoms with Crippen molar-refractivity contribution in [2.45, 2.75) is 210 Å². The molecule has 0 amide bonds. The third kappa shape index (κ3) is 13.5. The fourth-order valence-electron chi connectivity index (χ4n) is 12.9. The standard InChI is InChI=1S/C57H93N5O15/c1-32-28-55(7,69)50(77-54-47(64)43(58(9)10)26-33(2)73-54)34(3)48(35(4)53(68)75-44-21-22-57(44,70)49(65)36(5)60(13)30-32)76-45-29-56(8,71-14)51(37(6)74-45)72-25-24-61(39-18-19-39)23-15-16-38-17-20-42-40(27-38)46(63)41(52(66)67)31-62(42)59(11)12/h17,20,27,31-37,39,43-45,47-51,54,64-65,69-70H,15-16,18-19,21-26,28-30H2,1-14H3,(H,66,67)/t32-,33-,34+,35-,36-,37+,43+,44-,45+,47-,48+,49-,50-,51+,54+,55-,56-,57-/m1/s1. The van der Waals surface area contributed by atoms with Crippen molar-refractivity contribution in [2.75, 3.05) is 73.6 Å². The molecular weight excluding hydrogens is 995 g/mol. The van der Waals surface area contributed by atoms with Crippen molar-refractivity contribution in [3.63, 3.8) is 0 Å². The van der Waals surface area contributed by atoms with Crippen LogP contribution in [0.1, 0.15) is 123 Å². The van der Waals surface area contributed by atoms with E-state index in [4.69, 9.17) is 33.2 Å². The fraction of sp³-hybridized carbons (Fsp3) is 0.807. The summed E-state index contributed by atoms with van der Waals surface area (Å²) in [5.41, 5.74) is -3.36. The Morgan fingerprint density at radius 1 is 0.922 bits per heavy atom. The molecular formula is C57H93N5O15. The number of hydrogen-bond acceptors (Lipinski definition) is 18. The lowest BCUT2D eigenvalue weighted by Crippen LogP contribution is -2.66. The van der Waals surface area contributed by atoms with Gasteiger partial charge in [-0.15, -0.1) is 0 Å². The van der Waals surface area contributed by atoms with Gasteiger partial charge in [0.2, 0.25) is 5.43 Å². The average Bonchev–Trinajstić information content (AvgIpc) is 4.22. The van der Waals surface area contributed by atoms with Crippen LogP contribution in [0.25, 0.3) is 10.9 Å². The summed E-state index contributed by atoms with van der Waals surface area (Å²) in [6.07, 6.45) is -2.09. The summed E-state index contributed by atoms with van der Waals surface area (Å²) in [4.78, 5) is 46.1. The van der Waals surface area contributed by atoms with Gasteiger partial charge in [0.25, 0.3) is 0 Å². The Morgan fingerprint density at radius 3 is 2.23 bits per heavy atom. The van der Waals surface area contributed by atoms with E-state index in [0.29, 0.717) is 55.9 Å². The second-order valence-electron chi connectivity index (χ2n) is 24.5. The van der Waals surface area contributed by atoms with Gasteiger partial charge in [0.1, 0.15) is 35.6 Å². The topological polar surface area (TPSA) is 235 Å². The number of esters is 1. The zero-order valence-electron chi connectivity index (χ0n) is 48.3. The van der Waals surface area contributed by atoms with Crippen LogP contribution in [0, 0.1) is 17.8 Å². The maximum atomic E-state index is 14.5. The Hall–Kier alpha value is -3.35. The van der Waals surface area contributed by atoms with Crippen molar-refractivity contribution in [2.24, 2.45) is 17.8 Å². The SMILES string of the molecule is CO[C@]1(C)C[C@H](O[C@H]2[C@H](C)[C@@H](O[C@@H]3O[C@H](C)C[C@H](N(C)C)[C@H]3O)[C@](C)(O)C[C@@H](C)CN(C)[C@H](C)[C@@H](O)[C@@]3(O)CC[C@H]3OC(=O)[C@@H]2C)O[C@@H](C)[C@@H]1OCCN(CCCc1ccc2c(c1)c(=O)c(C(=O)O)cn2N(C)C)C1CC1. The number of nitrogens with zero attached hydrogens (tertiary/aromatic N) is 5. The number of carboxylic acids is 1. The molecule has 20 nitrogen and oxygen atoms in total. The number of rotatable bonds is 17. The van der Waals surface area contributed by atoms with E-state index in [1.807, 2.05) is 90.7 Å². The van der Waals surface area contributed by atoms with Gasteiger partial charge in [-0.25, -0.2) is 4.79 Å². The first-order valence-corrected chi connectivity index (χ1v) is 28.1. The first kappa shape index (κ1) is 61.3. The van der Waals surface area contributed by atoms with Gasteiger partial charge >= 0.3 is 11.9 Å². The van der Waals surface area contributed by atoms with Crippen LogP contribution < -0.4 is 10.4 Å². The summed E-state index contributed by atoms with van der Waals surface area (Å²) >= 11 is 0. The molecule has 2 aliphatic carbocycles. The third-order valence-electron chi connectivity index (χ3n) is 17.8. The number of aliphatic hydroxyl groups excluding tert-OH is 2. The van der Waals surface area contributed by atoms with Crippen LogP contribution in [0.5, 0.6) is 0 Å². The van der Waals surface area contributed by atoms with Crippen molar-refractivity contribution in [3.8, 4) is 0 Å². The predicted octanol–water partition coefficient (Wildman–Crippen LogP) is 3.60. The van der Waals surface area contributed by atoms with Crippen LogP contribution >= 0.6 is 0 Å². The molecule has 4 heterocycles. The molecule has 7 rings (SSSR count). The molecule has 3 saturated heterocycles. The number of methoxy groups -OCH3 is 1. The largest absolute Gasteiger partial charge is 0.477 e. The van der Waals surface area contributed by atoms with Gasteiger partial charge < -0.3 is 73.5 Å². The minimum absolute atomic E-state index is 0.156. The highest BCUT2D eigenvalue weighted by molar-refractivity contribution is 5.92. The third-order valence-corrected chi connectivity index (χ3v) is 17.8. The number of aromatic nitrogens is 1. The summed E-state index contributed by atoms with van der Waals surface area (Å²) in [6, 6.07) is 5.30. The molecule has 2 aromatic rings. The van der Waals surface area contributed by atoms with Crippen LogP contribution in [0.3, 0.4) is 0 Å². The summed E-state index contributed by atoms with van der Waals surface area (Å²) in [7, 11) is 10.9. The van der Waals surface area contributed by atoms with E-state index < -0.39 is 107 Å². The van der Waals surface area contributed by atoms with Crippen molar-refractivity contribution >= 4 is 22.8 Å². The average molecular weight is 1090 g/mol. The Labute approximate surface area is 455 Å². The number of aryl methyl sites for hydroxylation is 1. The number of ether oxygens (including phenoxy) is 7. The van der Waals surface area contributed by atoms with E-state index in [9.17, 15) is 39.9 Å². The summed E-state index contributed by atoms with van der Waals surface area (Å²) in [5, 5.41) is 60.0. The maximum Gasteiger partial charge on any atom is 0.341 e. The minimum atomic E-state index is -1.67. The number of hydrogen-bond donors (Lipinski definition) is 5. The number of aromatic carboxylic acids is 1. The molecule has 0 radical (unpaired) electrons. The molecule has 436 valence electrons. The van der Waals surface area contributed by atoms with Crippen LogP contribution in [-0.4, -0.2) is 222 Å². The van der Waals surface area contributed by atoms with E-state index in [2.05, 4.69) is 4.90 Å². The number of carbonyl (C=O) groups is 2. The number of benzene rings is 1. The number of fused-ring (bicyclic) bond motifs is 2. The zero-order valence-corrected chi connectivity index (χ0v) is 48.3. The highest BCUT2D eigenvalue weighted by Crippen LogP contribution is 2.44. The second kappa shape index (κ2) is 24.8. The molecule has 0 unspecified atom stereocenters. The Morgan fingerprint density at radius 2 is 1.62 bits per heavy atom. The van der Waals surface area contributed by atoms with Crippen molar-refractivity contribution in [3.05, 3.63) is 45.7 Å². The maximum absolute atomic E-state index is 14.5. The molecule has 0 spiro atoms. The lowest BCUT2D eigenvalue weighted by atomic mass is 9.71. The molecule has 1 aromatic heterocycles. The number of aliphatic hydroxyl groups is 4. The fourth-order valence-corrected chi connectivity index (χ4v) is 12.9. The number of likely N-dealkylation sites (N-methyl/N-ethyl adjacent to an activating group) is 2. The first-order chi connectivity index (χ1) is 36.1. The Kier molecular flexibility index (Phi) is 19.7. The monoisotopic (exact) mass is 1090 g/mol. The van der Waals surface area contributed by atoms with Gasteiger partial charge in [0.05, 0.1) is 53.7 Å². The van der Waals surface area contributed by atoms with Crippen molar-refractivity contribution < 1.29 is 68.3 Å². The molecule has 5 fully saturated rings. The highest BCUT2D eigenvalue weighted by atomic mass is 16.7. The van der Waals surface area contributed by atoms with E-state index in [0.717, 1.165) is 31.4 Å². The summed E-state index contributed by atoms with van der Waals surface area (Å²) in [5.74, 6) is -3.85. The molecule has 5 N–H and O–H groups in total. The normalized spacial score (nSPS) is 38.9. The van der Waals surface area contributed by atoms with Crippen molar-refractivity contribution in [1.29, 1.82) is 0 Å². The van der Waals surface area contributed by atoms with Crippen LogP contribution in [0.15, 0.2) is 29.2 Å². The number of carbonyl (C=O) groups excluding carboxylic acids is 1. The highest BCUT2D eigenvalue weighted by Gasteiger charge is 2.57. The molecule has 5 aliphatic rings. The van der Waals surface area contributed by atoms with Gasteiger partial charge in [-0.1, -0.05) is 19.9 Å². The number of pyridine rings is 1. The Bertz CT molecular complexity index is 2390. The molecule has 0 bridgehead atoms. The lowest BCUT2D eigenvalue weighted by Gasteiger charge is -2.50. The number of carboxylic acid groups (broad SMARTS) is 1. The van der Waals surface area contributed by atoms with Crippen LogP contribution in [0.2, 0.25) is 0 Å². The van der Waals surface area contributed by atoms with Gasteiger partial charge in [0.15, 0.2) is 12.6 Å². The molecule has 20 heteroatoms. The first-order valence-electron chi connectivity index (χ1n) is 28.1. The van der Waals surface area contributed by atoms with E-state index in [1.54, 1.807) is 44.7 Å². The lowest BCUT2D eigenvalue weighted by molar-refractivity contribution is -0.321. The molecule has 2 saturated carbocycles. The van der Waals surface area contributed by atoms with E-state index >= 15 is 0 Å². The Balaban J connectivity index is 1.08. The molecule has 18 atom stereocenters. The van der Waals surface area contributed by atoms with E-state index in [1.165, 1.54) is 6.20 Å². The second-order valence-corrected chi connectivity index (χ2v) is 24.5. The van der Waals surface area contributed by atoms with Crippen molar-refractivity contribution in [1.82, 2.24) is 19.4 Å². The summed E-state index contributed by atoms with van der Waals surface area (Å²) < 4.78 is 47.7. The van der Waals surface area contributed by atoms with Crippen LogP contribution in [-0.2, 0) is 44.4 Å². The van der Waals surface area contributed by atoms with Gasteiger partial charge in [-0.2, -0.15) is 0 Å². The molecule has 77 heavy (non-hydrogen) atoms. The smallest absolute Gasteiger partial charge is 0.341 e. The van der Waals surface area contributed by atoms with Gasteiger partial charge in [0, 0.05) is 76.3 Å². The summed E-state index contributed by atoms with van der Waals surface area (Å²) in [6.45, 7) is 17.2. The van der Waals surface area contributed by atoms with Crippen LogP contribution in [0.4, 0.5) is 0 Å². The van der Waals surface area contributed by atoms with E-state index in [-0.39, 0.29) is 42.9 Å². The van der Waals surface area contributed by atoms with Gasteiger partial charge in [-0.3, -0.25) is 19.2 Å². The van der Waals surface area contributed by atoms with Gasteiger partial charge in [-0.05, 0) is 144 Å². The molecule has 3 aliphatic heterocycles. The minimum Gasteiger partial charge on any atom is -0.477 e. The zero-order chi connectivity index (χ0) is 56.6.